The van der Waals surface area contributed by atoms with Gasteiger partial charge in [0.2, 0.25) is 0 Å². The van der Waals surface area contributed by atoms with Gasteiger partial charge in [0, 0.05) is 36.8 Å². The van der Waals surface area contributed by atoms with Crippen molar-refractivity contribution in [1.82, 2.24) is 10.2 Å². The highest BCUT2D eigenvalue weighted by Crippen LogP contribution is 2.19. The molecular formula is C15H20ClFN2O2. The maximum absolute atomic E-state index is 13.6. The molecule has 2 N–H and O–H groups in total. The Kier molecular flexibility index (Phi) is 5.82. The third-order valence-corrected chi connectivity index (χ3v) is 4.23. The zero-order chi connectivity index (χ0) is 15.2. The third kappa shape index (κ3) is 4.32. The van der Waals surface area contributed by atoms with Crippen LogP contribution in [0.25, 0.3) is 0 Å². The fourth-order valence-corrected chi connectivity index (χ4v) is 2.75. The highest BCUT2D eigenvalue weighted by molar-refractivity contribution is 6.31. The summed E-state index contributed by atoms with van der Waals surface area (Å²) in [6, 6.07) is 4.42. The van der Waals surface area contributed by atoms with Crippen molar-refractivity contribution < 1.29 is 14.3 Å². The van der Waals surface area contributed by atoms with Crippen LogP contribution in [0.2, 0.25) is 5.02 Å². The Balaban J connectivity index is 1.77. The summed E-state index contributed by atoms with van der Waals surface area (Å²) in [5.41, 5.74) is 0.429. The van der Waals surface area contributed by atoms with Crippen molar-refractivity contribution in [3.63, 3.8) is 0 Å². The smallest absolute Gasteiger partial charge is 0.317 e. The largest absolute Gasteiger partial charge is 0.396 e. The van der Waals surface area contributed by atoms with Gasteiger partial charge in [-0.3, -0.25) is 0 Å². The fraction of sp³-hybridized carbons (Fsp3) is 0.533. The van der Waals surface area contributed by atoms with Crippen molar-refractivity contribution in [2.75, 3.05) is 26.2 Å². The van der Waals surface area contributed by atoms with Crippen LogP contribution in [0.5, 0.6) is 0 Å². The predicted octanol–water partition coefficient (Wildman–Crippen LogP) is 2.44. The number of hydrogen-bond acceptors (Lipinski definition) is 2. The van der Waals surface area contributed by atoms with E-state index in [1.165, 1.54) is 6.07 Å². The molecule has 1 saturated heterocycles. The van der Waals surface area contributed by atoms with Gasteiger partial charge in [0.05, 0.1) is 0 Å². The van der Waals surface area contributed by atoms with Crippen LogP contribution in [0.1, 0.15) is 18.4 Å². The van der Waals surface area contributed by atoms with Crippen LogP contribution in [-0.2, 0) is 6.42 Å². The van der Waals surface area contributed by atoms with E-state index in [4.69, 9.17) is 16.7 Å². The Bertz CT molecular complexity index is 470. The minimum atomic E-state index is -0.347. The average Bonchev–Trinajstić information content (AvgIpc) is 2.50. The van der Waals surface area contributed by atoms with Crippen LogP contribution in [0.15, 0.2) is 18.2 Å². The van der Waals surface area contributed by atoms with Crippen LogP contribution < -0.4 is 5.32 Å². The van der Waals surface area contributed by atoms with Gasteiger partial charge in [-0.25, -0.2) is 9.18 Å². The van der Waals surface area contributed by atoms with Crippen LogP contribution in [0.4, 0.5) is 9.18 Å². The molecule has 4 nitrogen and oxygen atoms in total. The van der Waals surface area contributed by atoms with Crippen molar-refractivity contribution in [2.45, 2.75) is 19.3 Å². The lowest BCUT2D eigenvalue weighted by Gasteiger charge is -2.31. The zero-order valence-electron chi connectivity index (χ0n) is 11.8. The highest BCUT2D eigenvalue weighted by atomic mass is 35.5. The molecule has 1 aliphatic heterocycles. The molecule has 0 spiro atoms. The van der Waals surface area contributed by atoms with E-state index >= 15 is 0 Å². The average molecular weight is 315 g/mol. The highest BCUT2D eigenvalue weighted by Gasteiger charge is 2.21. The van der Waals surface area contributed by atoms with E-state index in [-0.39, 0.29) is 18.5 Å². The molecule has 0 radical (unpaired) electrons. The number of hydrogen-bond donors (Lipinski definition) is 2. The van der Waals surface area contributed by atoms with E-state index in [0.717, 1.165) is 12.8 Å². The molecule has 116 valence electrons. The summed E-state index contributed by atoms with van der Waals surface area (Å²) in [4.78, 5) is 13.7. The van der Waals surface area contributed by atoms with E-state index in [1.54, 1.807) is 17.0 Å². The Morgan fingerprint density at radius 2 is 2.14 bits per heavy atom. The molecule has 1 aromatic rings. The minimum Gasteiger partial charge on any atom is -0.396 e. The number of carbonyl (C=O) groups is 1. The summed E-state index contributed by atoms with van der Waals surface area (Å²) in [5, 5.41) is 12.2. The number of carbonyl (C=O) groups excluding carboxylic acids is 1. The monoisotopic (exact) mass is 314 g/mol. The molecule has 0 unspecified atom stereocenters. The van der Waals surface area contributed by atoms with E-state index in [1.807, 2.05) is 0 Å². The number of likely N-dealkylation sites (tertiary alicyclic amines) is 1. The molecule has 21 heavy (non-hydrogen) atoms. The Labute approximate surface area is 128 Å². The number of aliphatic hydroxyl groups is 1. The lowest BCUT2D eigenvalue weighted by Crippen LogP contribution is -2.45. The van der Waals surface area contributed by atoms with E-state index < -0.39 is 0 Å². The van der Waals surface area contributed by atoms with Gasteiger partial charge in [-0.05, 0) is 37.3 Å². The third-order valence-electron chi connectivity index (χ3n) is 3.87. The van der Waals surface area contributed by atoms with Gasteiger partial charge in [-0.1, -0.05) is 17.7 Å². The first kappa shape index (κ1) is 16.0. The van der Waals surface area contributed by atoms with Crippen molar-refractivity contribution in [2.24, 2.45) is 5.92 Å². The molecule has 2 rings (SSSR count). The summed E-state index contributed by atoms with van der Waals surface area (Å²) >= 11 is 5.94. The molecule has 6 heteroatoms. The predicted molar refractivity (Wildman–Crippen MR) is 79.9 cm³/mol. The molecule has 0 aliphatic carbocycles. The van der Waals surface area contributed by atoms with Crippen molar-refractivity contribution in [3.05, 3.63) is 34.6 Å². The van der Waals surface area contributed by atoms with Gasteiger partial charge in [0.25, 0.3) is 0 Å². The van der Waals surface area contributed by atoms with Gasteiger partial charge < -0.3 is 15.3 Å². The Morgan fingerprint density at radius 1 is 1.43 bits per heavy atom. The number of aliphatic hydroxyl groups excluding tert-OH is 1. The number of urea groups is 1. The molecule has 1 heterocycles. The van der Waals surface area contributed by atoms with Gasteiger partial charge in [-0.2, -0.15) is 0 Å². The van der Waals surface area contributed by atoms with Gasteiger partial charge >= 0.3 is 6.03 Å². The van der Waals surface area contributed by atoms with Crippen molar-refractivity contribution in [3.8, 4) is 0 Å². The van der Waals surface area contributed by atoms with Gasteiger partial charge in [-0.15, -0.1) is 0 Å². The molecule has 1 fully saturated rings. The molecule has 0 bridgehead atoms. The lowest BCUT2D eigenvalue weighted by atomic mass is 9.98. The van der Waals surface area contributed by atoms with Crippen LogP contribution in [-0.4, -0.2) is 42.3 Å². The maximum atomic E-state index is 13.6. The molecular weight excluding hydrogens is 295 g/mol. The molecule has 0 atom stereocenters. The summed E-state index contributed by atoms with van der Waals surface area (Å²) in [5.74, 6) is -0.0493. The molecule has 1 aromatic carbocycles. The Morgan fingerprint density at radius 3 is 2.76 bits per heavy atom. The van der Waals surface area contributed by atoms with Gasteiger partial charge in [0.15, 0.2) is 0 Å². The van der Waals surface area contributed by atoms with Crippen LogP contribution in [0.3, 0.4) is 0 Å². The van der Waals surface area contributed by atoms with E-state index in [2.05, 4.69) is 5.32 Å². The minimum absolute atomic E-state index is 0.140. The fourth-order valence-electron chi connectivity index (χ4n) is 2.50. The summed E-state index contributed by atoms with van der Waals surface area (Å²) in [6.45, 7) is 1.83. The standard InChI is InChI=1S/C15H20ClFN2O2/c16-13-2-1-3-14(17)12(13)4-7-18-15(21)19-8-5-11(10-20)6-9-19/h1-3,11,20H,4-10H2,(H,18,21). The van der Waals surface area contributed by atoms with Gasteiger partial charge in [0.1, 0.15) is 5.82 Å². The number of nitrogens with one attached hydrogen (secondary N) is 1. The van der Waals surface area contributed by atoms with Crippen LogP contribution >= 0.6 is 11.6 Å². The normalized spacial score (nSPS) is 16.0. The SMILES string of the molecule is O=C(NCCc1c(F)cccc1Cl)N1CCC(CO)CC1. The second-order valence-corrected chi connectivity index (χ2v) is 5.70. The number of amides is 2. The van der Waals surface area contributed by atoms with Crippen molar-refractivity contribution >= 4 is 17.6 Å². The number of rotatable bonds is 4. The van der Waals surface area contributed by atoms with Crippen molar-refractivity contribution in [1.29, 1.82) is 0 Å². The topological polar surface area (TPSA) is 52.6 Å². The molecule has 1 aliphatic rings. The quantitative estimate of drug-likeness (QED) is 0.897. The van der Waals surface area contributed by atoms with E-state index in [0.29, 0.717) is 42.6 Å². The zero-order valence-corrected chi connectivity index (χ0v) is 12.6. The van der Waals surface area contributed by atoms with E-state index in [9.17, 15) is 9.18 Å². The summed E-state index contributed by atoms with van der Waals surface area (Å²) < 4.78 is 13.6. The maximum Gasteiger partial charge on any atom is 0.317 e. The summed E-state index contributed by atoms with van der Waals surface area (Å²) in [6.07, 6.45) is 2.01. The lowest BCUT2D eigenvalue weighted by molar-refractivity contribution is 0.137. The number of nitrogens with zero attached hydrogens (tertiary/aromatic N) is 1. The first-order valence-electron chi connectivity index (χ1n) is 7.18. The summed E-state index contributed by atoms with van der Waals surface area (Å²) in [7, 11) is 0. The molecule has 0 aromatic heterocycles. The van der Waals surface area contributed by atoms with Crippen LogP contribution in [0, 0.1) is 11.7 Å². The Hall–Kier alpha value is -1.33. The number of halogens is 2. The number of piperidine rings is 1. The molecule has 0 saturated carbocycles. The number of benzene rings is 1. The first-order chi connectivity index (χ1) is 10.1. The second-order valence-electron chi connectivity index (χ2n) is 5.30. The first-order valence-corrected chi connectivity index (χ1v) is 7.56. The molecule has 2 amide bonds. The second kappa shape index (κ2) is 7.61.